The van der Waals surface area contributed by atoms with E-state index in [4.69, 9.17) is 0 Å². The third-order valence-corrected chi connectivity index (χ3v) is 5.10. The summed E-state index contributed by atoms with van der Waals surface area (Å²) in [5.74, 6) is -1.13. The summed E-state index contributed by atoms with van der Waals surface area (Å²) in [6.07, 6.45) is 0. The fraction of sp³-hybridized carbons (Fsp3) is 0. The van der Waals surface area contributed by atoms with Crippen LogP contribution in [0.4, 0.5) is 8.78 Å². The Bertz CT molecular complexity index is 509. The van der Waals surface area contributed by atoms with Gasteiger partial charge in [0.25, 0.3) is 0 Å². The molecule has 0 fully saturated rings. The van der Waals surface area contributed by atoms with E-state index in [0.29, 0.717) is 0 Å². The number of benzene rings is 2. The molecular formula is C12H11F2O3P. The third kappa shape index (κ3) is 2.26. The summed E-state index contributed by atoms with van der Waals surface area (Å²) in [5.41, 5.74) is 0. The average molecular weight is 272 g/mol. The maximum atomic E-state index is 12.8. The van der Waals surface area contributed by atoms with Crippen LogP contribution in [-0.2, 0) is 0 Å². The molecule has 2 rings (SSSR count). The quantitative estimate of drug-likeness (QED) is 0.720. The van der Waals surface area contributed by atoms with Gasteiger partial charge >= 0.3 is 102 Å². The van der Waals surface area contributed by atoms with E-state index < -0.39 is 18.9 Å². The van der Waals surface area contributed by atoms with Crippen LogP contribution in [0.2, 0.25) is 0 Å². The molecule has 0 aliphatic rings. The second kappa shape index (κ2) is 4.07. The van der Waals surface area contributed by atoms with Gasteiger partial charge in [-0.3, -0.25) is 0 Å². The van der Waals surface area contributed by atoms with Crippen molar-refractivity contribution in [1.29, 1.82) is 0 Å². The molecule has 0 spiro atoms. The summed E-state index contributed by atoms with van der Waals surface area (Å²) in [6, 6.07) is 8.33. The molecule has 3 nitrogen and oxygen atoms in total. The molecule has 2 aromatic carbocycles. The Labute approximate surface area is 102 Å². The van der Waals surface area contributed by atoms with Crippen LogP contribution in [0.1, 0.15) is 0 Å². The summed E-state index contributed by atoms with van der Waals surface area (Å²) in [6.45, 7) is 0. The van der Waals surface area contributed by atoms with Gasteiger partial charge in [0, 0.05) is 0 Å². The summed E-state index contributed by atoms with van der Waals surface area (Å²) in [4.78, 5) is 30.3. The average Bonchev–Trinajstić information content (AvgIpc) is 2.29. The molecule has 0 heterocycles. The summed E-state index contributed by atoms with van der Waals surface area (Å²) < 4.78 is 25.6. The maximum absolute atomic E-state index is 12.8. The summed E-state index contributed by atoms with van der Waals surface area (Å²) in [7, 11) is -5.32. The van der Waals surface area contributed by atoms with Crippen LogP contribution in [0, 0.1) is 11.6 Å². The predicted octanol–water partition coefficient (Wildman–Crippen LogP) is 1.19. The van der Waals surface area contributed by atoms with Crippen LogP contribution in [-0.4, -0.2) is 14.7 Å². The molecule has 3 N–H and O–H groups in total. The van der Waals surface area contributed by atoms with E-state index in [9.17, 15) is 23.5 Å². The van der Waals surface area contributed by atoms with Crippen molar-refractivity contribution in [3.8, 4) is 0 Å². The van der Waals surface area contributed by atoms with Crippen LogP contribution < -0.4 is 10.6 Å². The van der Waals surface area contributed by atoms with E-state index >= 15 is 0 Å². The second-order valence-electron chi connectivity index (χ2n) is 3.93. The van der Waals surface area contributed by atoms with Crippen molar-refractivity contribution in [2.45, 2.75) is 0 Å². The normalized spacial score (nSPS) is 13.9. The van der Waals surface area contributed by atoms with Crippen LogP contribution in [0.25, 0.3) is 0 Å². The molecule has 6 heteroatoms. The molecule has 0 unspecified atom stereocenters. The second-order valence-corrected chi connectivity index (χ2v) is 6.93. The van der Waals surface area contributed by atoms with E-state index in [2.05, 4.69) is 0 Å². The van der Waals surface area contributed by atoms with Crippen molar-refractivity contribution in [3.05, 3.63) is 60.2 Å². The molecule has 0 saturated heterocycles. The Hall–Kier alpha value is -1.39. The first-order valence-electron chi connectivity index (χ1n) is 5.07. The first-order chi connectivity index (χ1) is 8.28. The zero-order valence-electron chi connectivity index (χ0n) is 9.16. The molecule has 0 aliphatic heterocycles. The van der Waals surface area contributed by atoms with Crippen molar-refractivity contribution >= 4 is 17.9 Å². The van der Waals surface area contributed by atoms with Crippen molar-refractivity contribution in [1.82, 2.24) is 0 Å². The first-order valence-corrected chi connectivity index (χ1v) is 7.16. The molecule has 0 aliphatic carbocycles. The molecule has 0 saturated carbocycles. The molecule has 2 aromatic rings. The molecular weight excluding hydrogens is 261 g/mol. The number of hydrogen-bond donors (Lipinski definition) is 3. The van der Waals surface area contributed by atoms with Gasteiger partial charge in [-0.25, -0.2) is 0 Å². The molecule has 0 atom stereocenters. The third-order valence-electron chi connectivity index (χ3n) is 2.60. The van der Waals surface area contributed by atoms with Gasteiger partial charge < -0.3 is 0 Å². The Balaban J connectivity index is 2.56. The van der Waals surface area contributed by atoms with Gasteiger partial charge in [0.1, 0.15) is 0 Å². The number of rotatable bonds is 2. The molecule has 18 heavy (non-hydrogen) atoms. The molecule has 0 radical (unpaired) electrons. The molecule has 96 valence electrons. The van der Waals surface area contributed by atoms with Gasteiger partial charge in [0.2, 0.25) is 0 Å². The van der Waals surface area contributed by atoms with E-state index in [0.717, 1.165) is 48.5 Å². The Kier molecular flexibility index (Phi) is 2.95. The van der Waals surface area contributed by atoms with Crippen LogP contribution in [0.5, 0.6) is 0 Å². The first kappa shape index (κ1) is 13.1. The van der Waals surface area contributed by atoms with Gasteiger partial charge in [-0.1, -0.05) is 0 Å². The zero-order chi connectivity index (χ0) is 13.4. The minimum absolute atomic E-state index is 0.214. The molecule has 0 bridgehead atoms. The fourth-order valence-electron chi connectivity index (χ4n) is 1.58. The van der Waals surface area contributed by atoms with Gasteiger partial charge in [0.05, 0.1) is 0 Å². The minimum atomic E-state index is -5.32. The monoisotopic (exact) mass is 272 g/mol. The van der Waals surface area contributed by atoms with Crippen LogP contribution >= 0.6 is 7.28 Å². The van der Waals surface area contributed by atoms with Crippen molar-refractivity contribution in [2.24, 2.45) is 0 Å². The van der Waals surface area contributed by atoms with Crippen molar-refractivity contribution in [2.75, 3.05) is 0 Å². The zero-order valence-corrected chi connectivity index (χ0v) is 10.1. The predicted molar refractivity (Wildman–Crippen MR) is 65.6 cm³/mol. The van der Waals surface area contributed by atoms with Crippen LogP contribution in [0.3, 0.4) is 0 Å². The SMILES string of the molecule is OP(O)(O)(c1ccc(F)cc1)c1ccc(F)cc1. The Morgan fingerprint density at radius 1 is 0.611 bits per heavy atom. The van der Waals surface area contributed by atoms with Crippen molar-refractivity contribution < 1.29 is 23.5 Å². The van der Waals surface area contributed by atoms with Gasteiger partial charge in [0.15, 0.2) is 0 Å². The standard InChI is InChI=1S/C12H11F2O3P/c13-9-1-5-11(6-2-9)18(15,16,17)12-7-3-10(14)4-8-12/h1-8,15-17H. The summed E-state index contributed by atoms with van der Waals surface area (Å²) >= 11 is 0. The Morgan fingerprint density at radius 3 is 1.17 bits per heavy atom. The van der Waals surface area contributed by atoms with Crippen LogP contribution in [0.15, 0.2) is 48.5 Å². The number of halogens is 2. The van der Waals surface area contributed by atoms with Gasteiger partial charge in [-0.05, 0) is 0 Å². The van der Waals surface area contributed by atoms with Crippen molar-refractivity contribution in [3.63, 3.8) is 0 Å². The fourth-order valence-corrected chi connectivity index (χ4v) is 3.27. The van der Waals surface area contributed by atoms with Gasteiger partial charge in [-0.15, -0.1) is 0 Å². The number of hydrogen-bond acceptors (Lipinski definition) is 3. The summed E-state index contributed by atoms with van der Waals surface area (Å²) in [5, 5.41) is -0.428. The van der Waals surface area contributed by atoms with E-state index in [1.165, 1.54) is 0 Å². The van der Waals surface area contributed by atoms with Gasteiger partial charge in [-0.2, -0.15) is 0 Å². The molecule has 0 amide bonds. The van der Waals surface area contributed by atoms with E-state index in [-0.39, 0.29) is 10.6 Å². The van der Waals surface area contributed by atoms with E-state index in [1.807, 2.05) is 0 Å². The van der Waals surface area contributed by atoms with E-state index in [1.54, 1.807) is 0 Å². The Morgan fingerprint density at radius 2 is 0.889 bits per heavy atom. The topological polar surface area (TPSA) is 60.7 Å². The molecule has 0 aromatic heterocycles.